The summed E-state index contributed by atoms with van der Waals surface area (Å²) in [6.07, 6.45) is 3.26. The average molecular weight is 379 g/mol. The van der Waals surface area contributed by atoms with Crippen molar-refractivity contribution in [2.75, 3.05) is 20.2 Å². The summed E-state index contributed by atoms with van der Waals surface area (Å²) in [5, 5.41) is 2.95. The largest absolute Gasteiger partial charge is 0.497 e. The van der Waals surface area contributed by atoms with E-state index >= 15 is 0 Å². The number of nitrogens with zero attached hydrogens (tertiary/aromatic N) is 1. The van der Waals surface area contributed by atoms with Gasteiger partial charge in [0.1, 0.15) is 11.4 Å². The third-order valence-corrected chi connectivity index (χ3v) is 4.32. The van der Waals surface area contributed by atoms with E-state index in [9.17, 15) is 9.59 Å². The van der Waals surface area contributed by atoms with Crippen molar-refractivity contribution in [2.24, 2.45) is 0 Å². The fourth-order valence-electron chi connectivity index (χ4n) is 2.83. The van der Waals surface area contributed by atoms with Crippen molar-refractivity contribution in [2.45, 2.75) is 65.5 Å². The van der Waals surface area contributed by atoms with Crippen LogP contribution in [0.2, 0.25) is 0 Å². The molecule has 0 spiro atoms. The number of amides is 2. The minimum Gasteiger partial charge on any atom is -0.497 e. The van der Waals surface area contributed by atoms with Crippen LogP contribution < -0.4 is 10.1 Å². The SMILES string of the molecule is CCN(C=O)CC.COc1ccc2c(c1)CC(NC(=O)OC(C)(C)C)CC2. The maximum Gasteiger partial charge on any atom is 0.407 e. The van der Waals surface area contributed by atoms with E-state index in [0.717, 1.165) is 44.5 Å². The van der Waals surface area contributed by atoms with E-state index in [1.165, 1.54) is 11.1 Å². The van der Waals surface area contributed by atoms with Gasteiger partial charge in [-0.05, 0) is 77.1 Å². The average Bonchev–Trinajstić information content (AvgIpc) is 2.61. The van der Waals surface area contributed by atoms with Gasteiger partial charge in [-0.15, -0.1) is 0 Å². The van der Waals surface area contributed by atoms with E-state index in [2.05, 4.69) is 17.4 Å². The molecule has 0 fully saturated rings. The van der Waals surface area contributed by atoms with Crippen LogP contribution in [0.1, 0.15) is 52.2 Å². The van der Waals surface area contributed by atoms with Crippen LogP contribution >= 0.6 is 0 Å². The summed E-state index contributed by atoms with van der Waals surface area (Å²) in [5.74, 6) is 0.863. The summed E-state index contributed by atoms with van der Waals surface area (Å²) in [6.45, 7) is 11.2. The fraction of sp³-hybridized carbons (Fsp3) is 0.619. The van der Waals surface area contributed by atoms with Crippen LogP contribution in [-0.2, 0) is 22.4 Å². The first-order chi connectivity index (χ1) is 12.7. The van der Waals surface area contributed by atoms with Gasteiger partial charge in [-0.2, -0.15) is 0 Å². The van der Waals surface area contributed by atoms with Crippen molar-refractivity contribution < 1.29 is 19.1 Å². The molecule has 0 heterocycles. The van der Waals surface area contributed by atoms with Crippen molar-refractivity contribution in [3.05, 3.63) is 29.3 Å². The Bertz CT molecular complexity index is 607. The molecule has 6 nitrogen and oxygen atoms in total. The number of nitrogens with one attached hydrogen (secondary N) is 1. The number of rotatable bonds is 5. The molecule has 152 valence electrons. The molecule has 2 rings (SSSR count). The number of hydrogen-bond acceptors (Lipinski definition) is 4. The zero-order chi connectivity index (χ0) is 20.4. The summed E-state index contributed by atoms with van der Waals surface area (Å²) in [6, 6.07) is 6.28. The number of benzene rings is 1. The number of alkyl carbamates (subject to hydrolysis) is 1. The van der Waals surface area contributed by atoms with Gasteiger partial charge in [0.15, 0.2) is 0 Å². The normalized spacial score (nSPS) is 15.6. The van der Waals surface area contributed by atoms with Crippen molar-refractivity contribution in [3.8, 4) is 5.75 Å². The highest BCUT2D eigenvalue weighted by Gasteiger charge is 2.23. The van der Waals surface area contributed by atoms with E-state index < -0.39 is 5.60 Å². The number of hydrogen-bond donors (Lipinski definition) is 1. The molecule has 1 atom stereocenters. The first-order valence-corrected chi connectivity index (χ1v) is 9.57. The van der Waals surface area contributed by atoms with E-state index in [1.807, 2.05) is 40.7 Å². The predicted octanol–water partition coefficient (Wildman–Crippen LogP) is 3.56. The Kier molecular flexibility index (Phi) is 9.12. The second-order valence-electron chi connectivity index (χ2n) is 7.55. The molecule has 0 aromatic heterocycles. The lowest BCUT2D eigenvalue weighted by Gasteiger charge is -2.27. The van der Waals surface area contributed by atoms with Crippen LogP contribution in [0.15, 0.2) is 18.2 Å². The minimum atomic E-state index is -0.458. The Labute approximate surface area is 163 Å². The van der Waals surface area contributed by atoms with Gasteiger partial charge >= 0.3 is 6.09 Å². The van der Waals surface area contributed by atoms with Crippen LogP contribution in [0.25, 0.3) is 0 Å². The van der Waals surface area contributed by atoms with Gasteiger partial charge < -0.3 is 19.7 Å². The molecule has 2 amide bonds. The molecule has 0 aliphatic heterocycles. The summed E-state index contributed by atoms with van der Waals surface area (Å²) < 4.78 is 10.5. The molecule has 6 heteroatoms. The zero-order valence-electron chi connectivity index (χ0n) is 17.5. The predicted molar refractivity (Wildman–Crippen MR) is 107 cm³/mol. The van der Waals surface area contributed by atoms with Gasteiger partial charge in [-0.25, -0.2) is 4.79 Å². The first kappa shape index (κ1) is 22.8. The van der Waals surface area contributed by atoms with Gasteiger partial charge in [0.25, 0.3) is 0 Å². The van der Waals surface area contributed by atoms with Crippen LogP contribution in [0.3, 0.4) is 0 Å². The Morgan fingerprint density at radius 2 is 1.93 bits per heavy atom. The molecular weight excluding hydrogens is 344 g/mol. The lowest BCUT2D eigenvalue weighted by atomic mass is 9.88. The Morgan fingerprint density at radius 3 is 2.41 bits per heavy atom. The Morgan fingerprint density at radius 1 is 1.26 bits per heavy atom. The number of aryl methyl sites for hydroxylation is 1. The molecule has 0 saturated carbocycles. The quantitative estimate of drug-likeness (QED) is 0.796. The molecule has 1 aromatic rings. The van der Waals surface area contributed by atoms with Gasteiger partial charge in [-0.3, -0.25) is 4.79 Å². The highest BCUT2D eigenvalue weighted by Crippen LogP contribution is 2.25. The zero-order valence-corrected chi connectivity index (χ0v) is 17.5. The Hall–Kier alpha value is -2.24. The van der Waals surface area contributed by atoms with Crippen molar-refractivity contribution in [1.82, 2.24) is 10.2 Å². The lowest BCUT2D eigenvalue weighted by molar-refractivity contribution is -0.117. The monoisotopic (exact) mass is 378 g/mol. The minimum absolute atomic E-state index is 0.129. The molecule has 0 bridgehead atoms. The van der Waals surface area contributed by atoms with E-state index in [-0.39, 0.29) is 12.1 Å². The van der Waals surface area contributed by atoms with Crippen LogP contribution in [0.5, 0.6) is 5.75 Å². The van der Waals surface area contributed by atoms with Crippen molar-refractivity contribution in [1.29, 1.82) is 0 Å². The topological polar surface area (TPSA) is 67.9 Å². The van der Waals surface area contributed by atoms with E-state index in [0.29, 0.717) is 0 Å². The van der Waals surface area contributed by atoms with Crippen molar-refractivity contribution in [3.63, 3.8) is 0 Å². The van der Waals surface area contributed by atoms with Crippen LogP contribution in [-0.4, -0.2) is 49.2 Å². The Balaban J connectivity index is 0.000000445. The number of fused-ring (bicyclic) bond motifs is 1. The summed E-state index contributed by atoms with van der Waals surface area (Å²) >= 11 is 0. The maximum absolute atomic E-state index is 11.8. The second kappa shape index (κ2) is 10.8. The van der Waals surface area contributed by atoms with Gasteiger partial charge in [0, 0.05) is 19.1 Å². The number of carbonyl (C=O) groups excluding carboxylic acids is 2. The first-order valence-electron chi connectivity index (χ1n) is 9.57. The maximum atomic E-state index is 11.8. The van der Waals surface area contributed by atoms with Gasteiger partial charge in [0.05, 0.1) is 7.11 Å². The van der Waals surface area contributed by atoms with Crippen molar-refractivity contribution >= 4 is 12.5 Å². The van der Waals surface area contributed by atoms with Gasteiger partial charge in [0.2, 0.25) is 6.41 Å². The smallest absolute Gasteiger partial charge is 0.407 e. The number of ether oxygens (including phenoxy) is 2. The molecule has 1 aromatic carbocycles. The molecule has 1 aliphatic carbocycles. The number of methoxy groups -OCH3 is 1. The highest BCUT2D eigenvalue weighted by molar-refractivity contribution is 5.68. The summed E-state index contributed by atoms with van der Waals surface area (Å²) in [5.41, 5.74) is 2.13. The fourth-order valence-corrected chi connectivity index (χ4v) is 2.83. The van der Waals surface area contributed by atoms with Gasteiger partial charge in [-0.1, -0.05) is 6.07 Å². The molecule has 1 unspecified atom stereocenters. The molecule has 0 saturated heterocycles. The van der Waals surface area contributed by atoms with E-state index in [4.69, 9.17) is 9.47 Å². The summed E-state index contributed by atoms with van der Waals surface area (Å²) in [4.78, 5) is 23.4. The molecular formula is C21H34N2O4. The lowest BCUT2D eigenvalue weighted by Crippen LogP contribution is -2.41. The molecule has 27 heavy (non-hydrogen) atoms. The van der Waals surface area contributed by atoms with E-state index in [1.54, 1.807) is 12.0 Å². The second-order valence-corrected chi connectivity index (χ2v) is 7.55. The highest BCUT2D eigenvalue weighted by atomic mass is 16.6. The molecule has 1 aliphatic rings. The standard InChI is InChI=1S/C16H23NO3.C5H11NO/c1-16(2,3)20-15(18)17-13-7-5-11-6-8-14(19-4)10-12(11)9-13;1-3-6(4-2)5-7/h6,8,10,13H,5,7,9H2,1-4H3,(H,17,18);5H,3-4H2,1-2H3. The number of carbonyl (C=O) groups is 2. The molecule has 1 N–H and O–H groups in total. The summed E-state index contributed by atoms with van der Waals surface area (Å²) in [7, 11) is 1.67. The molecule has 0 radical (unpaired) electrons. The van der Waals surface area contributed by atoms with Crippen LogP contribution in [0, 0.1) is 0 Å². The third kappa shape index (κ3) is 8.33. The van der Waals surface area contributed by atoms with Crippen LogP contribution in [0.4, 0.5) is 4.79 Å². The third-order valence-electron chi connectivity index (χ3n) is 4.32.